The second-order valence-electron chi connectivity index (χ2n) is 7.21. The van der Waals surface area contributed by atoms with Gasteiger partial charge in [0.1, 0.15) is 0 Å². The molecule has 1 saturated carbocycles. The van der Waals surface area contributed by atoms with Crippen LogP contribution in [0.15, 0.2) is 24.3 Å². The van der Waals surface area contributed by atoms with Crippen molar-refractivity contribution in [3.63, 3.8) is 0 Å². The lowest BCUT2D eigenvalue weighted by Gasteiger charge is -2.44. The van der Waals surface area contributed by atoms with E-state index in [-0.39, 0.29) is 5.97 Å². The molecule has 3 rings (SSSR count). The Labute approximate surface area is 139 Å². The molecule has 0 unspecified atom stereocenters. The van der Waals surface area contributed by atoms with E-state index in [0.29, 0.717) is 17.6 Å². The minimum Gasteiger partial charge on any atom is -0.465 e. The second kappa shape index (κ2) is 7.02. The molecule has 2 atom stereocenters. The lowest BCUT2D eigenvalue weighted by atomic mass is 10.1. The van der Waals surface area contributed by atoms with E-state index in [4.69, 9.17) is 4.74 Å². The molecular formula is C19H28N2O2. The maximum Gasteiger partial charge on any atom is 0.337 e. The zero-order chi connectivity index (χ0) is 16.4. The molecular weight excluding hydrogens is 288 g/mol. The fraction of sp³-hybridized carbons (Fsp3) is 0.632. The molecule has 0 radical (unpaired) electrons. The molecule has 0 amide bonds. The molecule has 4 heteroatoms. The van der Waals surface area contributed by atoms with Gasteiger partial charge in [-0.05, 0) is 50.3 Å². The highest BCUT2D eigenvalue weighted by Gasteiger charge is 2.32. The highest BCUT2D eigenvalue weighted by molar-refractivity contribution is 5.89. The number of benzene rings is 1. The molecule has 23 heavy (non-hydrogen) atoms. The van der Waals surface area contributed by atoms with Crippen molar-refractivity contribution in [2.24, 2.45) is 5.92 Å². The maximum atomic E-state index is 11.5. The van der Waals surface area contributed by atoms with E-state index < -0.39 is 0 Å². The van der Waals surface area contributed by atoms with Crippen LogP contribution in [0.5, 0.6) is 0 Å². The van der Waals surface area contributed by atoms with E-state index in [2.05, 4.69) is 23.6 Å². The third-order valence-corrected chi connectivity index (χ3v) is 5.19. The molecule has 2 fully saturated rings. The van der Waals surface area contributed by atoms with Crippen LogP contribution in [0.2, 0.25) is 0 Å². The van der Waals surface area contributed by atoms with Gasteiger partial charge in [0.05, 0.1) is 12.7 Å². The van der Waals surface area contributed by atoms with Crippen LogP contribution in [0, 0.1) is 5.92 Å². The van der Waals surface area contributed by atoms with Gasteiger partial charge in [0.25, 0.3) is 0 Å². The van der Waals surface area contributed by atoms with E-state index in [1.54, 1.807) is 0 Å². The van der Waals surface area contributed by atoms with Gasteiger partial charge in [-0.2, -0.15) is 0 Å². The molecule has 126 valence electrons. The first-order valence-corrected chi connectivity index (χ1v) is 8.72. The Morgan fingerprint density at radius 2 is 1.70 bits per heavy atom. The standard InChI is InChI=1S/C19H28N2O2/c1-14-11-21(15(2)10-20(14)12-16-4-5-16)13-17-6-8-18(9-7-17)19(22)23-3/h6-9,14-16H,4-5,10-13H2,1-3H3/t14-,15+/m1/s1. The van der Waals surface area contributed by atoms with Crippen LogP contribution in [0.3, 0.4) is 0 Å². The van der Waals surface area contributed by atoms with Crippen molar-refractivity contribution < 1.29 is 9.53 Å². The van der Waals surface area contributed by atoms with Crippen molar-refractivity contribution in [1.82, 2.24) is 9.80 Å². The van der Waals surface area contributed by atoms with Crippen molar-refractivity contribution >= 4 is 5.97 Å². The number of methoxy groups -OCH3 is 1. The number of hydrogen-bond donors (Lipinski definition) is 0. The van der Waals surface area contributed by atoms with E-state index in [1.807, 2.05) is 24.3 Å². The van der Waals surface area contributed by atoms with Crippen LogP contribution >= 0.6 is 0 Å². The average Bonchev–Trinajstić information content (AvgIpc) is 3.36. The monoisotopic (exact) mass is 316 g/mol. The highest BCUT2D eigenvalue weighted by Crippen LogP contribution is 2.31. The van der Waals surface area contributed by atoms with Crippen molar-refractivity contribution in [1.29, 1.82) is 0 Å². The van der Waals surface area contributed by atoms with Crippen LogP contribution in [-0.4, -0.2) is 54.6 Å². The zero-order valence-corrected chi connectivity index (χ0v) is 14.5. The van der Waals surface area contributed by atoms with Crippen molar-refractivity contribution in [3.05, 3.63) is 35.4 Å². The van der Waals surface area contributed by atoms with Gasteiger partial charge in [0, 0.05) is 38.3 Å². The number of ether oxygens (including phenoxy) is 1. The summed E-state index contributed by atoms with van der Waals surface area (Å²) in [5, 5.41) is 0. The Bertz CT molecular complexity index is 539. The fourth-order valence-electron chi connectivity index (χ4n) is 3.48. The van der Waals surface area contributed by atoms with Crippen molar-refractivity contribution in [3.8, 4) is 0 Å². The summed E-state index contributed by atoms with van der Waals surface area (Å²) in [7, 11) is 1.42. The lowest BCUT2D eigenvalue weighted by molar-refractivity contribution is 0.0350. The Hall–Kier alpha value is -1.39. The van der Waals surface area contributed by atoms with Gasteiger partial charge in [-0.1, -0.05) is 12.1 Å². The smallest absolute Gasteiger partial charge is 0.337 e. The van der Waals surface area contributed by atoms with Crippen molar-refractivity contribution in [2.45, 2.75) is 45.3 Å². The summed E-state index contributed by atoms with van der Waals surface area (Å²) in [4.78, 5) is 16.7. The van der Waals surface area contributed by atoms with Gasteiger partial charge in [-0.25, -0.2) is 4.79 Å². The first-order valence-electron chi connectivity index (χ1n) is 8.72. The number of carbonyl (C=O) groups is 1. The van der Waals surface area contributed by atoms with Crippen LogP contribution < -0.4 is 0 Å². The number of nitrogens with zero attached hydrogens (tertiary/aromatic N) is 2. The molecule has 2 aliphatic rings. The number of hydrogen-bond acceptors (Lipinski definition) is 4. The first-order chi connectivity index (χ1) is 11.1. The molecule has 1 aliphatic heterocycles. The lowest BCUT2D eigenvalue weighted by Crippen LogP contribution is -2.56. The average molecular weight is 316 g/mol. The summed E-state index contributed by atoms with van der Waals surface area (Å²) in [5.41, 5.74) is 1.87. The van der Waals surface area contributed by atoms with Crippen molar-refractivity contribution in [2.75, 3.05) is 26.7 Å². The SMILES string of the molecule is COC(=O)c1ccc(CN2C[C@@H](C)N(CC3CC3)C[C@@H]2C)cc1. The summed E-state index contributed by atoms with van der Waals surface area (Å²) in [6.07, 6.45) is 2.85. The van der Waals surface area contributed by atoms with Gasteiger partial charge < -0.3 is 4.74 Å². The first kappa shape index (κ1) is 16.5. The molecule has 0 N–H and O–H groups in total. The molecule has 0 spiro atoms. The Balaban J connectivity index is 1.58. The topological polar surface area (TPSA) is 32.8 Å². The zero-order valence-electron chi connectivity index (χ0n) is 14.5. The summed E-state index contributed by atoms with van der Waals surface area (Å²) in [5.74, 6) is 0.689. The molecule has 1 aliphatic carbocycles. The van der Waals surface area contributed by atoms with E-state index in [1.165, 1.54) is 32.1 Å². The summed E-state index contributed by atoms with van der Waals surface area (Å²) >= 11 is 0. The third-order valence-electron chi connectivity index (χ3n) is 5.19. The van der Waals surface area contributed by atoms with E-state index >= 15 is 0 Å². The minimum atomic E-state index is -0.271. The van der Waals surface area contributed by atoms with E-state index in [9.17, 15) is 4.79 Å². The van der Waals surface area contributed by atoms with Gasteiger partial charge in [-0.3, -0.25) is 9.80 Å². The largest absolute Gasteiger partial charge is 0.465 e. The Morgan fingerprint density at radius 3 is 2.30 bits per heavy atom. The van der Waals surface area contributed by atoms with Gasteiger partial charge in [0.15, 0.2) is 0 Å². The third kappa shape index (κ3) is 4.12. The predicted molar refractivity (Wildman–Crippen MR) is 91.4 cm³/mol. The highest BCUT2D eigenvalue weighted by atomic mass is 16.5. The number of piperazine rings is 1. The minimum absolute atomic E-state index is 0.271. The molecule has 1 aromatic carbocycles. The molecule has 1 saturated heterocycles. The number of esters is 1. The number of carbonyl (C=O) groups excluding carboxylic acids is 1. The summed E-state index contributed by atoms with van der Waals surface area (Å²) in [6, 6.07) is 9.00. The Kier molecular flexibility index (Phi) is 5.02. The van der Waals surface area contributed by atoms with Gasteiger partial charge >= 0.3 is 5.97 Å². The Morgan fingerprint density at radius 1 is 1.09 bits per heavy atom. The number of rotatable bonds is 5. The van der Waals surface area contributed by atoms with Crippen LogP contribution in [-0.2, 0) is 11.3 Å². The molecule has 4 nitrogen and oxygen atoms in total. The van der Waals surface area contributed by atoms with Crippen LogP contribution in [0.25, 0.3) is 0 Å². The van der Waals surface area contributed by atoms with Crippen LogP contribution in [0.1, 0.15) is 42.6 Å². The molecule has 1 heterocycles. The summed E-state index contributed by atoms with van der Waals surface area (Å²) < 4.78 is 4.75. The molecule has 1 aromatic rings. The molecule has 0 bridgehead atoms. The van der Waals surface area contributed by atoms with Crippen LogP contribution in [0.4, 0.5) is 0 Å². The summed E-state index contributed by atoms with van der Waals surface area (Å²) in [6.45, 7) is 9.19. The van der Waals surface area contributed by atoms with Gasteiger partial charge in [-0.15, -0.1) is 0 Å². The maximum absolute atomic E-state index is 11.5. The second-order valence-corrected chi connectivity index (χ2v) is 7.21. The quantitative estimate of drug-likeness (QED) is 0.782. The molecule has 0 aromatic heterocycles. The normalized spacial score (nSPS) is 26.2. The predicted octanol–water partition coefficient (Wildman–Crippen LogP) is 2.78. The van der Waals surface area contributed by atoms with Gasteiger partial charge in [0.2, 0.25) is 0 Å². The van der Waals surface area contributed by atoms with E-state index in [0.717, 1.165) is 25.6 Å². The fourth-order valence-corrected chi connectivity index (χ4v) is 3.48.